The molecular formula is C16H24N2O4. The van der Waals surface area contributed by atoms with Crippen LogP contribution in [0.25, 0.3) is 0 Å². The Kier molecular flexibility index (Phi) is 7.36. The maximum Gasteiger partial charge on any atom is 0.326 e. The Morgan fingerprint density at radius 3 is 2.73 bits per heavy atom. The number of hydrogen-bond acceptors (Lipinski definition) is 4. The van der Waals surface area contributed by atoms with E-state index >= 15 is 0 Å². The molecule has 0 aromatic carbocycles. The summed E-state index contributed by atoms with van der Waals surface area (Å²) in [5, 5.41) is 11.7. The van der Waals surface area contributed by atoms with Gasteiger partial charge < -0.3 is 15.2 Å². The second kappa shape index (κ2) is 9.02. The van der Waals surface area contributed by atoms with Crippen LogP contribution in [0.3, 0.4) is 0 Å². The average molecular weight is 308 g/mol. The van der Waals surface area contributed by atoms with Crippen molar-refractivity contribution in [2.24, 2.45) is 0 Å². The van der Waals surface area contributed by atoms with Crippen LogP contribution in [0.5, 0.6) is 5.88 Å². The topological polar surface area (TPSA) is 88.5 Å². The van der Waals surface area contributed by atoms with E-state index < -0.39 is 17.9 Å². The van der Waals surface area contributed by atoms with Crippen molar-refractivity contribution in [3.05, 3.63) is 23.9 Å². The molecule has 0 saturated heterocycles. The highest BCUT2D eigenvalue weighted by Crippen LogP contribution is 2.13. The standard InChI is InChI=1S/C16H24N2O4/c1-4-6-7-13(16(20)21)18-15(19)12-8-9-17-14(10-12)22-11(3)5-2/h8-11,13H,4-7H2,1-3H3,(H,18,19)(H,20,21). The summed E-state index contributed by atoms with van der Waals surface area (Å²) in [5.74, 6) is -1.09. The number of aromatic nitrogens is 1. The minimum Gasteiger partial charge on any atom is -0.480 e. The molecule has 0 fully saturated rings. The van der Waals surface area contributed by atoms with Crippen molar-refractivity contribution in [2.75, 3.05) is 0 Å². The first-order valence-corrected chi connectivity index (χ1v) is 7.64. The first-order chi connectivity index (χ1) is 10.5. The third kappa shape index (κ3) is 5.71. The number of unbranched alkanes of at least 4 members (excludes halogenated alkanes) is 1. The molecule has 6 nitrogen and oxygen atoms in total. The van der Waals surface area contributed by atoms with Crippen molar-refractivity contribution < 1.29 is 19.4 Å². The molecule has 0 aliphatic carbocycles. The maximum absolute atomic E-state index is 12.2. The van der Waals surface area contributed by atoms with Crippen molar-refractivity contribution in [2.45, 2.75) is 58.6 Å². The van der Waals surface area contributed by atoms with Crippen molar-refractivity contribution in [1.29, 1.82) is 0 Å². The van der Waals surface area contributed by atoms with Crippen molar-refractivity contribution >= 4 is 11.9 Å². The number of aliphatic carboxylic acids is 1. The van der Waals surface area contributed by atoms with E-state index in [1.54, 1.807) is 0 Å². The molecule has 6 heteroatoms. The van der Waals surface area contributed by atoms with E-state index in [9.17, 15) is 9.59 Å². The molecule has 0 aliphatic heterocycles. The van der Waals surface area contributed by atoms with E-state index in [0.29, 0.717) is 17.9 Å². The number of rotatable bonds is 9. The number of ether oxygens (including phenoxy) is 1. The zero-order valence-corrected chi connectivity index (χ0v) is 13.3. The van der Waals surface area contributed by atoms with Gasteiger partial charge in [-0.25, -0.2) is 9.78 Å². The number of carbonyl (C=O) groups is 2. The molecular weight excluding hydrogens is 284 g/mol. The molecule has 0 radical (unpaired) electrons. The number of nitrogens with one attached hydrogen (secondary N) is 1. The van der Waals surface area contributed by atoms with E-state index in [2.05, 4.69) is 10.3 Å². The highest BCUT2D eigenvalue weighted by atomic mass is 16.5. The number of carboxylic acid groups (broad SMARTS) is 1. The fourth-order valence-corrected chi connectivity index (χ4v) is 1.81. The summed E-state index contributed by atoms with van der Waals surface area (Å²) in [6.07, 6.45) is 4.35. The fourth-order valence-electron chi connectivity index (χ4n) is 1.81. The van der Waals surface area contributed by atoms with E-state index in [4.69, 9.17) is 9.84 Å². The quantitative estimate of drug-likeness (QED) is 0.732. The predicted molar refractivity (Wildman–Crippen MR) is 83.0 cm³/mol. The van der Waals surface area contributed by atoms with Crippen molar-refractivity contribution in [1.82, 2.24) is 10.3 Å². The minimum atomic E-state index is -1.02. The molecule has 1 amide bonds. The Balaban J connectivity index is 2.75. The average Bonchev–Trinajstić information content (AvgIpc) is 2.51. The lowest BCUT2D eigenvalue weighted by Gasteiger charge is -2.15. The van der Waals surface area contributed by atoms with Crippen LogP contribution in [0.4, 0.5) is 0 Å². The van der Waals surface area contributed by atoms with Gasteiger partial charge in [0.1, 0.15) is 6.04 Å². The zero-order valence-electron chi connectivity index (χ0n) is 13.3. The maximum atomic E-state index is 12.2. The van der Waals surface area contributed by atoms with Gasteiger partial charge in [-0.2, -0.15) is 0 Å². The van der Waals surface area contributed by atoms with Gasteiger partial charge in [-0.15, -0.1) is 0 Å². The third-order valence-corrected chi connectivity index (χ3v) is 3.34. The number of amides is 1. The van der Waals surface area contributed by atoms with Gasteiger partial charge in [0.05, 0.1) is 6.10 Å². The Hall–Kier alpha value is -2.11. The Bertz CT molecular complexity index is 505. The molecule has 0 saturated carbocycles. The second-order valence-electron chi connectivity index (χ2n) is 5.23. The molecule has 1 aromatic rings. The summed E-state index contributed by atoms with van der Waals surface area (Å²) < 4.78 is 5.56. The Labute approximate surface area is 130 Å². The van der Waals surface area contributed by atoms with Gasteiger partial charge in [-0.3, -0.25) is 4.79 Å². The first-order valence-electron chi connectivity index (χ1n) is 7.64. The van der Waals surface area contributed by atoms with Gasteiger partial charge >= 0.3 is 5.97 Å². The predicted octanol–water partition coefficient (Wildman–Crippen LogP) is 2.63. The van der Waals surface area contributed by atoms with Gasteiger partial charge in [0.25, 0.3) is 5.91 Å². The summed E-state index contributed by atoms with van der Waals surface area (Å²) in [6.45, 7) is 5.88. The van der Waals surface area contributed by atoms with E-state index in [-0.39, 0.29) is 6.10 Å². The van der Waals surface area contributed by atoms with Crippen LogP contribution in [-0.4, -0.2) is 34.1 Å². The van der Waals surface area contributed by atoms with Gasteiger partial charge in [-0.1, -0.05) is 26.7 Å². The number of carbonyl (C=O) groups excluding carboxylic acids is 1. The molecule has 0 bridgehead atoms. The summed E-state index contributed by atoms with van der Waals surface area (Å²) in [5.41, 5.74) is 0.344. The van der Waals surface area contributed by atoms with Crippen LogP contribution < -0.4 is 10.1 Å². The van der Waals surface area contributed by atoms with Crippen LogP contribution in [-0.2, 0) is 4.79 Å². The van der Waals surface area contributed by atoms with Crippen molar-refractivity contribution in [3.63, 3.8) is 0 Å². The molecule has 2 atom stereocenters. The third-order valence-electron chi connectivity index (χ3n) is 3.34. The summed E-state index contributed by atoms with van der Waals surface area (Å²) in [4.78, 5) is 27.4. The summed E-state index contributed by atoms with van der Waals surface area (Å²) >= 11 is 0. The van der Waals surface area contributed by atoms with Crippen molar-refractivity contribution in [3.8, 4) is 5.88 Å². The van der Waals surface area contributed by atoms with Gasteiger partial charge in [0.2, 0.25) is 5.88 Å². The minimum absolute atomic E-state index is 0.00198. The van der Waals surface area contributed by atoms with E-state index in [0.717, 1.165) is 19.3 Å². The molecule has 2 unspecified atom stereocenters. The SMILES string of the molecule is CCCCC(NC(=O)c1ccnc(OC(C)CC)c1)C(=O)O. The number of carboxylic acids is 1. The molecule has 0 aliphatic rings. The van der Waals surface area contributed by atoms with Gasteiger partial charge in [0.15, 0.2) is 0 Å². The smallest absolute Gasteiger partial charge is 0.326 e. The normalized spacial score (nSPS) is 13.2. The molecule has 1 rings (SSSR count). The van der Waals surface area contributed by atoms with E-state index in [1.807, 2.05) is 20.8 Å². The fraction of sp³-hybridized carbons (Fsp3) is 0.562. The van der Waals surface area contributed by atoms with Crippen LogP contribution >= 0.6 is 0 Å². The highest BCUT2D eigenvalue weighted by molar-refractivity contribution is 5.96. The van der Waals surface area contributed by atoms with Gasteiger partial charge in [-0.05, 0) is 25.8 Å². The lowest BCUT2D eigenvalue weighted by Crippen LogP contribution is -2.40. The lowest BCUT2D eigenvalue weighted by atomic mass is 10.1. The molecule has 22 heavy (non-hydrogen) atoms. The molecule has 122 valence electrons. The number of pyridine rings is 1. The van der Waals surface area contributed by atoms with Crippen LogP contribution in [0, 0.1) is 0 Å². The van der Waals surface area contributed by atoms with E-state index in [1.165, 1.54) is 18.3 Å². The largest absolute Gasteiger partial charge is 0.480 e. The van der Waals surface area contributed by atoms with Crippen LogP contribution in [0.2, 0.25) is 0 Å². The molecule has 1 heterocycles. The van der Waals surface area contributed by atoms with Crippen LogP contribution in [0.1, 0.15) is 56.8 Å². The highest BCUT2D eigenvalue weighted by Gasteiger charge is 2.20. The lowest BCUT2D eigenvalue weighted by molar-refractivity contribution is -0.139. The molecule has 1 aromatic heterocycles. The Morgan fingerprint density at radius 1 is 1.41 bits per heavy atom. The number of nitrogens with zero attached hydrogens (tertiary/aromatic N) is 1. The monoisotopic (exact) mass is 308 g/mol. The zero-order chi connectivity index (χ0) is 16.5. The number of hydrogen-bond donors (Lipinski definition) is 2. The molecule has 0 spiro atoms. The molecule has 2 N–H and O–H groups in total. The summed E-state index contributed by atoms with van der Waals surface area (Å²) in [6, 6.07) is 2.19. The van der Waals surface area contributed by atoms with Gasteiger partial charge in [0, 0.05) is 17.8 Å². The second-order valence-corrected chi connectivity index (χ2v) is 5.23. The Morgan fingerprint density at radius 2 is 2.14 bits per heavy atom. The first kappa shape index (κ1) is 17.9. The van der Waals surface area contributed by atoms with Crippen LogP contribution in [0.15, 0.2) is 18.3 Å². The summed E-state index contributed by atoms with van der Waals surface area (Å²) in [7, 11) is 0.